The smallest absolute Gasteiger partial charge is 0.377 e. The molecule has 0 bridgehead atoms. The molecule has 0 radical (unpaired) electrons. The fourth-order valence-corrected chi connectivity index (χ4v) is 0.776. The highest BCUT2D eigenvalue weighted by Gasteiger charge is 2.37. The van der Waals surface area contributed by atoms with Gasteiger partial charge in [-0.3, -0.25) is 0 Å². The minimum Gasteiger partial charge on any atom is -0.377 e. The molecule has 0 aromatic carbocycles. The Kier molecular flexibility index (Phi) is 1.93. The van der Waals surface area contributed by atoms with Crippen LogP contribution in [0.1, 0.15) is 6.92 Å². The molecule has 1 N–H and O–H groups in total. The highest BCUT2D eigenvalue weighted by molar-refractivity contribution is 5.22. The van der Waals surface area contributed by atoms with Gasteiger partial charge in [-0.15, -0.1) is 0 Å². The Bertz CT molecular complexity index is 202. The molecule has 1 nitrogen and oxygen atoms in total. The van der Waals surface area contributed by atoms with E-state index in [2.05, 4.69) is 5.32 Å². The van der Waals surface area contributed by atoms with Crippen LogP contribution in [0.3, 0.4) is 0 Å². The lowest BCUT2D eigenvalue weighted by molar-refractivity contribution is -0.142. The van der Waals surface area contributed by atoms with Crippen LogP contribution in [0.5, 0.6) is 0 Å². The summed E-state index contributed by atoms with van der Waals surface area (Å²) in [5.41, 5.74) is 0.797. The first kappa shape index (κ1) is 8.17. The zero-order valence-electron chi connectivity index (χ0n) is 5.94. The van der Waals surface area contributed by atoms with Crippen LogP contribution in [-0.2, 0) is 0 Å². The third-order valence-corrected chi connectivity index (χ3v) is 1.39. The minimum atomic E-state index is -4.19. The van der Waals surface area contributed by atoms with Gasteiger partial charge in [-0.1, -0.05) is 12.2 Å². The monoisotopic (exact) mass is 163 g/mol. The Labute approximate surface area is 62.6 Å². The number of rotatable bonds is 0. The first-order valence-corrected chi connectivity index (χ1v) is 3.18. The van der Waals surface area contributed by atoms with Gasteiger partial charge in [0.15, 0.2) is 0 Å². The van der Waals surface area contributed by atoms with E-state index in [4.69, 9.17) is 0 Å². The number of hydrogen-bond donors (Lipinski definition) is 1. The molecule has 11 heavy (non-hydrogen) atoms. The number of allylic oxidation sites excluding steroid dienone is 2. The summed E-state index contributed by atoms with van der Waals surface area (Å²) in [7, 11) is 0. The van der Waals surface area contributed by atoms with E-state index in [1.807, 2.05) is 0 Å². The Morgan fingerprint density at radius 2 is 2.09 bits per heavy atom. The molecule has 1 aliphatic rings. The van der Waals surface area contributed by atoms with E-state index in [0.717, 1.165) is 11.6 Å². The minimum absolute atomic E-state index is 0.797. The predicted octanol–water partition coefficient (Wildman–Crippen LogP) is 1.98. The average molecular weight is 163 g/mol. The molecule has 1 atom stereocenters. The molecular formula is C7H8F3N. The van der Waals surface area contributed by atoms with E-state index in [-0.39, 0.29) is 0 Å². The number of halogens is 3. The molecule has 0 aromatic rings. The summed E-state index contributed by atoms with van der Waals surface area (Å²) < 4.78 is 35.8. The SMILES string of the molecule is CC1=CNC(C(F)(F)F)C=C1. The number of hydrogen-bond acceptors (Lipinski definition) is 1. The maximum atomic E-state index is 11.9. The van der Waals surface area contributed by atoms with Crippen LogP contribution in [0.25, 0.3) is 0 Å². The van der Waals surface area contributed by atoms with Gasteiger partial charge in [0.25, 0.3) is 0 Å². The van der Waals surface area contributed by atoms with E-state index >= 15 is 0 Å². The van der Waals surface area contributed by atoms with Crippen LogP contribution in [-0.4, -0.2) is 12.2 Å². The molecule has 1 heterocycles. The largest absolute Gasteiger partial charge is 0.412 e. The summed E-state index contributed by atoms with van der Waals surface area (Å²) in [6, 6.07) is -1.52. The quantitative estimate of drug-likeness (QED) is 0.575. The third-order valence-electron chi connectivity index (χ3n) is 1.39. The van der Waals surface area contributed by atoms with Crippen LogP contribution in [0.2, 0.25) is 0 Å². The molecule has 4 heteroatoms. The lowest BCUT2D eigenvalue weighted by Gasteiger charge is -2.19. The van der Waals surface area contributed by atoms with Crippen LogP contribution in [0, 0.1) is 0 Å². The van der Waals surface area contributed by atoms with E-state index in [9.17, 15) is 13.2 Å². The fourth-order valence-electron chi connectivity index (χ4n) is 0.776. The zero-order chi connectivity index (χ0) is 8.48. The summed E-state index contributed by atoms with van der Waals surface area (Å²) in [6.07, 6.45) is -0.268. The van der Waals surface area contributed by atoms with Crippen molar-refractivity contribution in [2.75, 3.05) is 0 Å². The summed E-state index contributed by atoms with van der Waals surface area (Å²) >= 11 is 0. The van der Waals surface area contributed by atoms with E-state index in [0.29, 0.717) is 0 Å². The second-order valence-electron chi connectivity index (χ2n) is 2.43. The van der Waals surface area contributed by atoms with Crippen molar-refractivity contribution in [2.24, 2.45) is 0 Å². The summed E-state index contributed by atoms with van der Waals surface area (Å²) in [6.45, 7) is 1.73. The molecule has 1 unspecified atom stereocenters. The Hall–Kier alpha value is -0.930. The fraction of sp³-hybridized carbons (Fsp3) is 0.429. The molecule has 0 spiro atoms. The molecule has 0 saturated heterocycles. The molecule has 1 aliphatic heterocycles. The van der Waals surface area contributed by atoms with Crippen molar-refractivity contribution >= 4 is 0 Å². The third kappa shape index (κ3) is 2.00. The summed E-state index contributed by atoms with van der Waals surface area (Å²) in [5, 5.41) is 2.23. The number of dihydropyridines is 1. The highest BCUT2D eigenvalue weighted by atomic mass is 19.4. The molecule has 0 aromatic heterocycles. The maximum absolute atomic E-state index is 11.9. The van der Waals surface area contributed by atoms with Gasteiger partial charge < -0.3 is 5.32 Å². The summed E-state index contributed by atoms with van der Waals surface area (Å²) in [5.74, 6) is 0. The zero-order valence-corrected chi connectivity index (χ0v) is 5.94. The van der Waals surface area contributed by atoms with Gasteiger partial charge in [0.1, 0.15) is 6.04 Å². The Balaban J connectivity index is 2.63. The first-order chi connectivity index (χ1) is 5.00. The van der Waals surface area contributed by atoms with Gasteiger partial charge in [-0.25, -0.2) is 0 Å². The van der Waals surface area contributed by atoms with E-state index in [1.54, 1.807) is 6.92 Å². The van der Waals surface area contributed by atoms with Crippen LogP contribution >= 0.6 is 0 Å². The molecule has 0 saturated carbocycles. The van der Waals surface area contributed by atoms with Gasteiger partial charge in [0.2, 0.25) is 0 Å². The normalized spacial score (nSPS) is 24.4. The van der Waals surface area contributed by atoms with Gasteiger partial charge in [-0.2, -0.15) is 13.2 Å². The van der Waals surface area contributed by atoms with Crippen LogP contribution < -0.4 is 5.32 Å². The standard InChI is InChI=1S/C7H8F3N/c1-5-2-3-6(11-4-5)7(8,9)10/h2-4,6,11H,1H3. The first-order valence-electron chi connectivity index (χ1n) is 3.18. The Morgan fingerprint density at radius 1 is 1.45 bits per heavy atom. The molecular weight excluding hydrogens is 155 g/mol. The van der Waals surface area contributed by atoms with Crippen LogP contribution in [0.4, 0.5) is 13.2 Å². The van der Waals surface area contributed by atoms with Gasteiger partial charge in [-0.05, 0) is 12.5 Å². The van der Waals surface area contributed by atoms with Crippen molar-refractivity contribution in [2.45, 2.75) is 19.1 Å². The van der Waals surface area contributed by atoms with Crippen LogP contribution in [0.15, 0.2) is 23.9 Å². The van der Waals surface area contributed by atoms with E-state index in [1.165, 1.54) is 12.3 Å². The second-order valence-corrected chi connectivity index (χ2v) is 2.43. The molecule has 0 amide bonds. The number of alkyl halides is 3. The predicted molar refractivity (Wildman–Crippen MR) is 35.9 cm³/mol. The van der Waals surface area contributed by atoms with Crippen molar-refractivity contribution in [1.82, 2.24) is 5.32 Å². The van der Waals surface area contributed by atoms with Crippen molar-refractivity contribution in [3.63, 3.8) is 0 Å². The molecule has 0 fully saturated rings. The van der Waals surface area contributed by atoms with Crippen molar-refractivity contribution in [1.29, 1.82) is 0 Å². The maximum Gasteiger partial charge on any atom is 0.412 e. The van der Waals surface area contributed by atoms with Crippen molar-refractivity contribution in [3.8, 4) is 0 Å². The van der Waals surface area contributed by atoms with E-state index < -0.39 is 12.2 Å². The number of nitrogens with one attached hydrogen (secondary N) is 1. The lowest BCUT2D eigenvalue weighted by Crippen LogP contribution is -2.39. The highest BCUT2D eigenvalue weighted by Crippen LogP contribution is 2.23. The summed E-state index contributed by atoms with van der Waals surface area (Å²) in [4.78, 5) is 0. The lowest BCUT2D eigenvalue weighted by atomic mass is 10.1. The topological polar surface area (TPSA) is 12.0 Å². The Morgan fingerprint density at radius 3 is 2.45 bits per heavy atom. The molecule has 1 rings (SSSR count). The van der Waals surface area contributed by atoms with Gasteiger partial charge >= 0.3 is 6.18 Å². The van der Waals surface area contributed by atoms with Crippen molar-refractivity contribution in [3.05, 3.63) is 23.9 Å². The van der Waals surface area contributed by atoms with Gasteiger partial charge in [0.05, 0.1) is 0 Å². The second kappa shape index (κ2) is 2.60. The molecule has 0 aliphatic carbocycles. The average Bonchev–Trinajstić information content (AvgIpc) is 1.86. The van der Waals surface area contributed by atoms with Crippen molar-refractivity contribution < 1.29 is 13.2 Å². The molecule has 62 valence electrons. The van der Waals surface area contributed by atoms with Gasteiger partial charge in [0, 0.05) is 6.20 Å².